The van der Waals surface area contributed by atoms with Gasteiger partial charge in [0.1, 0.15) is 0 Å². The van der Waals surface area contributed by atoms with Crippen LogP contribution >= 0.6 is 0 Å². The summed E-state index contributed by atoms with van der Waals surface area (Å²) in [5, 5.41) is 6.90. The summed E-state index contributed by atoms with van der Waals surface area (Å²) < 4.78 is 0. The molecule has 2 rings (SSSR count). The van der Waals surface area contributed by atoms with Crippen molar-refractivity contribution in [1.82, 2.24) is 20.4 Å². The lowest BCUT2D eigenvalue weighted by Gasteiger charge is -2.32. The highest BCUT2D eigenvalue weighted by Crippen LogP contribution is 2.10. The number of likely N-dealkylation sites (N-methyl/N-ethyl adjacent to an activating group) is 1. The first-order valence-electron chi connectivity index (χ1n) is 10.3. The van der Waals surface area contributed by atoms with Crippen LogP contribution in [-0.2, 0) is 11.3 Å². The maximum Gasteiger partial charge on any atom is 0.231 e. The molecular weight excluding hydrogens is 352 g/mol. The van der Waals surface area contributed by atoms with Gasteiger partial charge in [-0.05, 0) is 39.3 Å². The Bertz CT molecular complexity index is 613. The van der Waals surface area contributed by atoms with Crippen LogP contribution in [0.5, 0.6) is 0 Å². The Kier molecular flexibility index (Phi) is 9.23. The number of likely N-dealkylation sites (tertiary alicyclic amines) is 1. The fraction of sp³-hybridized carbons (Fsp3) is 0.619. The van der Waals surface area contributed by atoms with E-state index in [-0.39, 0.29) is 5.91 Å². The molecule has 7 heteroatoms. The topological polar surface area (TPSA) is 86.0 Å². The first-order chi connectivity index (χ1) is 13.5. The van der Waals surface area contributed by atoms with Crippen molar-refractivity contribution < 1.29 is 4.79 Å². The predicted molar refractivity (Wildman–Crippen MR) is 115 cm³/mol. The maximum atomic E-state index is 11.1. The molecule has 1 aromatic rings. The van der Waals surface area contributed by atoms with Gasteiger partial charge < -0.3 is 16.4 Å². The lowest BCUT2D eigenvalue weighted by Crippen LogP contribution is -2.50. The molecule has 28 heavy (non-hydrogen) atoms. The normalized spacial score (nSPS) is 17.5. The molecular formula is C21H36N6O. The zero-order chi connectivity index (χ0) is 20.4. The number of hydrogen-bond acceptors (Lipinski definition) is 4. The summed E-state index contributed by atoms with van der Waals surface area (Å²) in [7, 11) is 2.14. The van der Waals surface area contributed by atoms with Gasteiger partial charge in [0.2, 0.25) is 5.91 Å². The third-order valence-corrected chi connectivity index (χ3v) is 5.19. The van der Waals surface area contributed by atoms with Crippen molar-refractivity contribution in [2.24, 2.45) is 10.7 Å². The number of carbonyl (C=O) groups excluding carboxylic acids is 1. The van der Waals surface area contributed by atoms with Gasteiger partial charge in [-0.2, -0.15) is 0 Å². The number of nitrogens with one attached hydrogen (secondary N) is 2. The number of guanidine groups is 1. The van der Waals surface area contributed by atoms with E-state index in [9.17, 15) is 4.79 Å². The summed E-state index contributed by atoms with van der Waals surface area (Å²) in [5.41, 5.74) is 6.60. The van der Waals surface area contributed by atoms with Crippen LogP contribution in [0.15, 0.2) is 35.3 Å². The van der Waals surface area contributed by atoms with Crippen LogP contribution in [0, 0.1) is 0 Å². The van der Waals surface area contributed by atoms with E-state index in [0.717, 1.165) is 51.5 Å². The van der Waals surface area contributed by atoms with Crippen molar-refractivity contribution in [3.05, 3.63) is 35.9 Å². The van der Waals surface area contributed by atoms with Gasteiger partial charge in [-0.15, -0.1) is 0 Å². The number of rotatable bonds is 9. The first kappa shape index (κ1) is 22.2. The smallest absolute Gasteiger partial charge is 0.231 e. The third-order valence-electron chi connectivity index (χ3n) is 5.19. The molecule has 4 N–H and O–H groups in total. The largest absolute Gasteiger partial charge is 0.369 e. The molecule has 0 bridgehead atoms. The molecule has 1 saturated heterocycles. The molecule has 1 fully saturated rings. The fourth-order valence-corrected chi connectivity index (χ4v) is 3.36. The van der Waals surface area contributed by atoms with Gasteiger partial charge in [-0.25, -0.2) is 0 Å². The van der Waals surface area contributed by atoms with Crippen LogP contribution in [0.1, 0.15) is 32.3 Å². The van der Waals surface area contributed by atoms with Crippen molar-refractivity contribution in [3.8, 4) is 0 Å². The number of nitrogens with two attached hydrogens (primary N) is 1. The van der Waals surface area contributed by atoms with E-state index in [1.165, 1.54) is 5.56 Å². The Morgan fingerprint density at radius 3 is 2.61 bits per heavy atom. The second-order valence-electron chi connectivity index (χ2n) is 7.63. The Hall–Kier alpha value is -2.12. The lowest BCUT2D eigenvalue weighted by molar-refractivity contribution is -0.119. The highest BCUT2D eigenvalue weighted by molar-refractivity contribution is 5.80. The second kappa shape index (κ2) is 11.7. The Balaban J connectivity index is 1.81. The van der Waals surface area contributed by atoms with Gasteiger partial charge in [0, 0.05) is 38.3 Å². The van der Waals surface area contributed by atoms with Gasteiger partial charge in [-0.1, -0.05) is 30.3 Å². The van der Waals surface area contributed by atoms with E-state index in [2.05, 4.69) is 65.6 Å². The number of amides is 1. The molecule has 0 aliphatic carbocycles. The number of primary amides is 1. The molecule has 1 aliphatic rings. The lowest BCUT2D eigenvalue weighted by atomic mass is 10.1. The fourth-order valence-electron chi connectivity index (χ4n) is 3.36. The Morgan fingerprint density at radius 1 is 1.32 bits per heavy atom. The molecule has 156 valence electrons. The molecule has 1 aromatic carbocycles. The van der Waals surface area contributed by atoms with Crippen LogP contribution in [0.4, 0.5) is 0 Å². The molecule has 7 nitrogen and oxygen atoms in total. The SMILES string of the molecule is CCNC(=NCC(C)N(C)Cc1ccccc1)NC1CCN(CC(N)=O)CC1. The van der Waals surface area contributed by atoms with Crippen molar-refractivity contribution in [3.63, 3.8) is 0 Å². The number of carbonyl (C=O) groups is 1. The van der Waals surface area contributed by atoms with E-state index in [1.807, 2.05) is 6.07 Å². The van der Waals surface area contributed by atoms with Crippen LogP contribution in [0.25, 0.3) is 0 Å². The summed E-state index contributed by atoms with van der Waals surface area (Å²) in [6, 6.07) is 11.2. The zero-order valence-corrected chi connectivity index (χ0v) is 17.5. The zero-order valence-electron chi connectivity index (χ0n) is 17.5. The minimum atomic E-state index is -0.255. The quantitative estimate of drug-likeness (QED) is 0.434. The Labute approximate surface area is 169 Å². The van der Waals surface area contributed by atoms with Crippen LogP contribution in [0.3, 0.4) is 0 Å². The van der Waals surface area contributed by atoms with Gasteiger partial charge in [-0.3, -0.25) is 19.6 Å². The minimum Gasteiger partial charge on any atom is -0.369 e. The number of hydrogen-bond donors (Lipinski definition) is 3. The standard InChI is InChI=1S/C21H36N6O/c1-4-23-21(25-19-10-12-27(13-11-19)16-20(22)28)24-14-17(2)26(3)15-18-8-6-5-7-9-18/h5-9,17,19H,4,10-16H2,1-3H3,(H2,22,28)(H2,23,24,25). The predicted octanol–water partition coefficient (Wildman–Crippen LogP) is 1.01. The number of piperidine rings is 1. The van der Waals surface area contributed by atoms with Gasteiger partial charge >= 0.3 is 0 Å². The summed E-state index contributed by atoms with van der Waals surface area (Å²) >= 11 is 0. The molecule has 0 spiro atoms. The molecule has 1 atom stereocenters. The minimum absolute atomic E-state index is 0.255. The molecule has 0 radical (unpaired) electrons. The van der Waals surface area contributed by atoms with E-state index >= 15 is 0 Å². The van der Waals surface area contributed by atoms with E-state index in [0.29, 0.717) is 18.6 Å². The molecule has 1 aliphatic heterocycles. The number of aliphatic imine (C=N–C) groups is 1. The summed E-state index contributed by atoms with van der Waals surface area (Å²) in [4.78, 5) is 20.3. The van der Waals surface area contributed by atoms with E-state index < -0.39 is 0 Å². The summed E-state index contributed by atoms with van der Waals surface area (Å²) in [5.74, 6) is 0.616. The Morgan fingerprint density at radius 2 is 2.00 bits per heavy atom. The summed E-state index contributed by atoms with van der Waals surface area (Å²) in [6.45, 7) is 8.90. The monoisotopic (exact) mass is 388 g/mol. The van der Waals surface area contributed by atoms with Crippen molar-refractivity contribution >= 4 is 11.9 Å². The molecule has 0 aromatic heterocycles. The van der Waals surface area contributed by atoms with Crippen molar-refractivity contribution in [2.75, 3.05) is 39.8 Å². The third kappa shape index (κ3) is 7.86. The molecule has 1 unspecified atom stereocenters. The van der Waals surface area contributed by atoms with E-state index in [4.69, 9.17) is 10.7 Å². The van der Waals surface area contributed by atoms with Crippen molar-refractivity contribution in [2.45, 2.75) is 45.3 Å². The van der Waals surface area contributed by atoms with Gasteiger partial charge in [0.25, 0.3) is 0 Å². The van der Waals surface area contributed by atoms with E-state index in [1.54, 1.807) is 0 Å². The van der Waals surface area contributed by atoms with Gasteiger partial charge in [0.15, 0.2) is 5.96 Å². The molecule has 1 amide bonds. The second-order valence-corrected chi connectivity index (χ2v) is 7.63. The maximum absolute atomic E-state index is 11.1. The molecule has 1 heterocycles. The number of benzene rings is 1. The average Bonchev–Trinajstić information content (AvgIpc) is 2.68. The molecule has 0 saturated carbocycles. The average molecular weight is 389 g/mol. The first-order valence-corrected chi connectivity index (χ1v) is 10.3. The van der Waals surface area contributed by atoms with Crippen molar-refractivity contribution in [1.29, 1.82) is 0 Å². The highest BCUT2D eigenvalue weighted by Gasteiger charge is 2.21. The summed E-state index contributed by atoms with van der Waals surface area (Å²) in [6.07, 6.45) is 1.97. The van der Waals surface area contributed by atoms with Crippen LogP contribution in [-0.4, -0.2) is 73.5 Å². The van der Waals surface area contributed by atoms with Crippen LogP contribution < -0.4 is 16.4 Å². The van der Waals surface area contributed by atoms with Gasteiger partial charge in [0.05, 0.1) is 13.1 Å². The number of nitrogens with zero attached hydrogens (tertiary/aromatic N) is 3. The van der Waals surface area contributed by atoms with Crippen LogP contribution in [0.2, 0.25) is 0 Å². The highest BCUT2D eigenvalue weighted by atomic mass is 16.1.